The highest BCUT2D eigenvalue weighted by molar-refractivity contribution is 5.91. The lowest BCUT2D eigenvalue weighted by molar-refractivity contribution is 0.0972. The number of carbonyl (C=O) groups is 1. The smallest absolute Gasteiger partial charge is 0.284 e. The minimum Gasteiger partial charge on any atom is -0.459 e. The minimum absolute atomic E-state index is 0.298. The maximum absolute atomic E-state index is 10.7. The summed E-state index contributed by atoms with van der Waals surface area (Å²) >= 11 is 0. The van der Waals surface area contributed by atoms with E-state index in [-0.39, 0.29) is 0 Å². The predicted molar refractivity (Wildman–Crippen MR) is 41.2 cm³/mol. The third kappa shape index (κ3) is 1.61. The molecule has 0 aromatic carbocycles. The van der Waals surface area contributed by atoms with Crippen LogP contribution in [0.3, 0.4) is 0 Å². The van der Waals surface area contributed by atoms with Gasteiger partial charge in [-0.05, 0) is 12.5 Å². The van der Waals surface area contributed by atoms with Gasteiger partial charge in [0, 0.05) is 5.56 Å². The molecule has 1 amide bonds. The van der Waals surface area contributed by atoms with Gasteiger partial charge in [0.25, 0.3) is 5.91 Å². The average Bonchev–Trinajstić information content (AvgIpc) is 2.36. The molecular weight excluding hydrogens is 142 g/mol. The maximum atomic E-state index is 10.7. The van der Waals surface area contributed by atoms with E-state index in [1.807, 2.05) is 6.92 Å². The van der Waals surface area contributed by atoms with Crippen LogP contribution in [-0.4, -0.2) is 5.91 Å². The average molecular weight is 153 g/mol. The third-order valence-electron chi connectivity index (χ3n) is 1.49. The molecule has 0 aliphatic heterocycles. The van der Waals surface area contributed by atoms with Crippen molar-refractivity contribution >= 4 is 5.91 Å². The first-order valence-corrected chi connectivity index (χ1v) is 3.62. The van der Waals surface area contributed by atoms with Crippen molar-refractivity contribution in [2.24, 2.45) is 5.73 Å². The van der Waals surface area contributed by atoms with Gasteiger partial charge in [-0.15, -0.1) is 0 Å². The largest absolute Gasteiger partial charge is 0.459 e. The van der Waals surface area contributed by atoms with E-state index in [9.17, 15) is 4.79 Å². The zero-order valence-corrected chi connectivity index (χ0v) is 6.46. The highest BCUT2D eigenvalue weighted by Crippen LogP contribution is 2.11. The number of primary amides is 1. The number of nitrogens with two attached hydrogens (primary N) is 1. The standard InChI is InChI=1S/C8H11NO2/c1-2-3-6-4-5-11-7(6)8(9)10/h4-5H,2-3H2,1H3,(H2,9,10). The summed E-state index contributed by atoms with van der Waals surface area (Å²) in [5.41, 5.74) is 5.96. The Balaban J connectivity index is 2.87. The van der Waals surface area contributed by atoms with Crippen molar-refractivity contribution in [1.29, 1.82) is 0 Å². The van der Waals surface area contributed by atoms with Crippen LogP contribution < -0.4 is 5.73 Å². The molecule has 0 radical (unpaired) electrons. The molecule has 3 heteroatoms. The summed E-state index contributed by atoms with van der Waals surface area (Å²) in [6.45, 7) is 2.04. The fourth-order valence-electron chi connectivity index (χ4n) is 1.02. The van der Waals surface area contributed by atoms with Crippen molar-refractivity contribution in [2.45, 2.75) is 19.8 Å². The van der Waals surface area contributed by atoms with E-state index in [1.54, 1.807) is 6.07 Å². The van der Waals surface area contributed by atoms with E-state index in [0.29, 0.717) is 5.76 Å². The Morgan fingerprint density at radius 1 is 1.73 bits per heavy atom. The third-order valence-corrected chi connectivity index (χ3v) is 1.49. The van der Waals surface area contributed by atoms with Gasteiger partial charge >= 0.3 is 0 Å². The van der Waals surface area contributed by atoms with Crippen molar-refractivity contribution in [3.8, 4) is 0 Å². The molecule has 1 rings (SSSR count). The molecule has 1 aromatic rings. The summed E-state index contributed by atoms with van der Waals surface area (Å²) < 4.78 is 4.90. The predicted octanol–water partition coefficient (Wildman–Crippen LogP) is 1.33. The molecule has 0 aliphatic rings. The Kier molecular flexibility index (Phi) is 2.31. The van der Waals surface area contributed by atoms with Gasteiger partial charge in [0.2, 0.25) is 0 Å². The zero-order chi connectivity index (χ0) is 8.27. The number of hydrogen-bond donors (Lipinski definition) is 1. The van der Waals surface area contributed by atoms with Crippen LogP contribution in [0.4, 0.5) is 0 Å². The Morgan fingerprint density at radius 2 is 2.45 bits per heavy atom. The van der Waals surface area contributed by atoms with Gasteiger partial charge in [0.05, 0.1) is 6.26 Å². The molecular formula is C8H11NO2. The lowest BCUT2D eigenvalue weighted by Gasteiger charge is -1.94. The molecule has 3 nitrogen and oxygen atoms in total. The fourth-order valence-corrected chi connectivity index (χ4v) is 1.02. The van der Waals surface area contributed by atoms with Crippen LogP contribution in [0.2, 0.25) is 0 Å². The zero-order valence-electron chi connectivity index (χ0n) is 6.46. The molecule has 11 heavy (non-hydrogen) atoms. The van der Waals surface area contributed by atoms with Gasteiger partial charge in [-0.3, -0.25) is 4.79 Å². The van der Waals surface area contributed by atoms with Crippen molar-refractivity contribution in [2.75, 3.05) is 0 Å². The summed E-state index contributed by atoms with van der Waals surface area (Å²) in [5.74, 6) is -0.190. The molecule has 0 atom stereocenters. The normalized spacial score (nSPS) is 9.91. The molecule has 0 unspecified atom stereocenters. The van der Waals surface area contributed by atoms with Gasteiger partial charge in [-0.1, -0.05) is 13.3 Å². The second-order valence-corrected chi connectivity index (χ2v) is 2.39. The topological polar surface area (TPSA) is 56.2 Å². The first kappa shape index (κ1) is 7.85. The number of carbonyl (C=O) groups excluding carboxylic acids is 1. The molecule has 60 valence electrons. The van der Waals surface area contributed by atoms with E-state index in [4.69, 9.17) is 10.2 Å². The Hall–Kier alpha value is -1.25. The molecule has 0 aliphatic carbocycles. The summed E-state index contributed by atoms with van der Waals surface area (Å²) in [6, 6.07) is 1.78. The molecule has 0 spiro atoms. The van der Waals surface area contributed by atoms with E-state index < -0.39 is 5.91 Å². The van der Waals surface area contributed by atoms with Gasteiger partial charge in [-0.2, -0.15) is 0 Å². The van der Waals surface area contributed by atoms with E-state index >= 15 is 0 Å². The minimum atomic E-state index is -0.488. The second kappa shape index (κ2) is 3.23. The van der Waals surface area contributed by atoms with Crippen LogP contribution in [0.1, 0.15) is 29.5 Å². The summed E-state index contributed by atoms with van der Waals surface area (Å²) in [6.07, 6.45) is 3.32. The van der Waals surface area contributed by atoms with Crippen LogP contribution in [0.25, 0.3) is 0 Å². The SMILES string of the molecule is CCCc1ccoc1C(N)=O. The lowest BCUT2D eigenvalue weighted by Crippen LogP contribution is -2.11. The molecule has 2 N–H and O–H groups in total. The molecule has 0 saturated carbocycles. The highest BCUT2D eigenvalue weighted by Gasteiger charge is 2.09. The van der Waals surface area contributed by atoms with Gasteiger partial charge in [-0.25, -0.2) is 0 Å². The Labute approximate surface area is 65.2 Å². The summed E-state index contributed by atoms with van der Waals surface area (Å²) in [7, 11) is 0. The van der Waals surface area contributed by atoms with Crippen LogP contribution in [0.5, 0.6) is 0 Å². The van der Waals surface area contributed by atoms with Crippen LogP contribution in [0, 0.1) is 0 Å². The number of hydrogen-bond acceptors (Lipinski definition) is 2. The fraction of sp³-hybridized carbons (Fsp3) is 0.375. The van der Waals surface area contributed by atoms with Crippen molar-refractivity contribution in [3.05, 3.63) is 23.7 Å². The highest BCUT2D eigenvalue weighted by atomic mass is 16.3. The van der Waals surface area contributed by atoms with Gasteiger partial charge < -0.3 is 10.2 Å². The van der Waals surface area contributed by atoms with Crippen molar-refractivity contribution in [1.82, 2.24) is 0 Å². The maximum Gasteiger partial charge on any atom is 0.284 e. The van der Waals surface area contributed by atoms with E-state index in [2.05, 4.69) is 0 Å². The monoisotopic (exact) mass is 153 g/mol. The molecule has 1 aromatic heterocycles. The van der Waals surface area contributed by atoms with E-state index in [1.165, 1.54) is 6.26 Å². The molecule has 0 saturated heterocycles. The number of furan rings is 1. The summed E-state index contributed by atoms with van der Waals surface area (Å²) in [4.78, 5) is 10.7. The van der Waals surface area contributed by atoms with Crippen LogP contribution in [0.15, 0.2) is 16.7 Å². The number of rotatable bonds is 3. The molecule has 1 heterocycles. The van der Waals surface area contributed by atoms with Crippen molar-refractivity contribution < 1.29 is 9.21 Å². The summed E-state index contributed by atoms with van der Waals surface area (Å²) in [5, 5.41) is 0. The lowest BCUT2D eigenvalue weighted by atomic mass is 10.1. The van der Waals surface area contributed by atoms with Crippen molar-refractivity contribution in [3.63, 3.8) is 0 Å². The first-order valence-electron chi connectivity index (χ1n) is 3.62. The molecule has 0 fully saturated rings. The van der Waals surface area contributed by atoms with Crippen LogP contribution in [-0.2, 0) is 6.42 Å². The first-order chi connectivity index (χ1) is 5.25. The Bertz CT molecular complexity index is 252. The number of amides is 1. The van der Waals surface area contributed by atoms with Crippen LogP contribution >= 0.6 is 0 Å². The quantitative estimate of drug-likeness (QED) is 0.712. The molecule has 0 bridgehead atoms. The van der Waals surface area contributed by atoms with Gasteiger partial charge in [0.1, 0.15) is 0 Å². The number of aryl methyl sites for hydroxylation is 1. The second-order valence-electron chi connectivity index (χ2n) is 2.39. The Morgan fingerprint density at radius 3 is 3.00 bits per heavy atom. The van der Waals surface area contributed by atoms with Gasteiger partial charge in [0.15, 0.2) is 5.76 Å². The van der Waals surface area contributed by atoms with E-state index in [0.717, 1.165) is 18.4 Å².